The molecule has 0 bridgehead atoms. The van der Waals surface area contributed by atoms with E-state index in [4.69, 9.17) is 7.85 Å². The van der Waals surface area contributed by atoms with Crippen LogP contribution < -0.4 is 5.46 Å². The first-order chi connectivity index (χ1) is 5.41. The summed E-state index contributed by atoms with van der Waals surface area (Å²) >= 11 is 0. The maximum atomic E-state index is 12.1. The van der Waals surface area contributed by atoms with Gasteiger partial charge < -0.3 is 0 Å². The molecule has 1 aromatic rings. The molecule has 1 aromatic carbocycles. The van der Waals surface area contributed by atoms with Gasteiger partial charge in [0.05, 0.1) is 0 Å². The molecule has 0 aliphatic rings. The summed E-state index contributed by atoms with van der Waals surface area (Å²) in [6, 6.07) is 3.69. The van der Waals surface area contributed by atoms with Crippen molar-refractivity contribution in [2.75, 3.05) is 0 Å². The third-order valence-electron chi connectivity index (χ3n) is 1.51. The van der Waals surface area contributed by atoms with E-state index < -0.39 is 11.7 Å². The molecule has 0 heterocycles. The molecule has 0 N–H and O–H groups in total. The van der Waals surface area contributed by atoms with Gasteiger partial charge in [0.15, 0.2) is 0 Å². The van der Waals surface area contributed by atoms with Crippen LogP contribution in [0.5, 0.6) is 0 Å². The smallest absolute Gasteiger partial charge is 0.166 e. The van der Waals surface area contributed by atoms with Gasteiger partial charge in [-0.15, -0.1) is 0 Å². The number of hydrogen-bond donors (Lipinski definition) is 0. The third kappa shape index (κ3) is 1.81. The molecule has 0 fully saturated rings. The zero-order valence-corrected chi connectivity index (χ0v) is 6.44. The molecule has 0 saturated carbocycles. The molecular weight excluding hydrogens is 164 g/mol. The second-order valence-electron chi connectivity index (χ2n) is 2.59. The highest BCUT2D eigenvalue weighted by Crippen LogP contribution is 2.27. The number of aryl methyl sites for hydroxylation is 1. The lowest BCUT2D eigenvalue weighted by Gasteiger charge is -2.10. The summed E-state index contributed by atoms with van der Waals surface area (Å²) in [5.74, 6) is 0. The summed E-state index contributed by atoms with van der Waals surface area (Å²) in [5, 5.41) is 0. The molecule has 0 nitrogen and oxygen atoms in total. The zero-order valence-electron chi connectivity index (χ0n) is 6.44. The number of alkyl halides is 3. The molecule has 0 amide bonds. The first-order valence-electron chi connectivity index (χ1n) is 3.34. The number of halogens is 3. The van der Waals surface area contributed by atoms with Gasteiger partial charge in [0.2, 0.25) is 0 Å². The molecule has 0 aliphatic heterocycles. The number of rotatable bonds is 0. The maximum Gasteiger partial charge on any atom is 0.415 e. The predicted molar refractivity (Wildman–Crippen MR) is 41.6 cm³/mol. The second kappa shape index (κ2) is 2.85. The van der Waals surface area contributed by atoms with E-state index in [9.17, 15) is 13.2 Å². The SMILES string of the molecule is [B]c1cc(C)ccc1C(F)(F)F. The van der Waals surface area contributed by atoms with Crippen molar-refractivity contribution in [2.45, 2.75) is 13.1 Å². The Labute approximate surface area is 69.8 Å². The van der Waals surface area contributed by atoms with Crippen molar-refractivity contribution in [1.82, 2.24) is 0 Å². The molecule has 12 heavy (non-hydrogen) atoms. The Hall–Kier alpha value is -0.925. The van der Waals surface area contributed by atoms with E-state index in [1.165, 1.54) is 12.1 Å². The Bertz CT molecular complexity index is 291. The zero-order chi connectivity index (χ0) is 9.35. The average Bonchev–Trinajstić information content (AvgIpc) is 1.83. The minimum atomic E-state index is -4.35. The lowest BCUT2D eigenvalue weighted by Crippen LogP contribution is -2.19. The summed E-state index contributed by atoms with van der Waals surface area (Å²) in [7, 11) is 5.19. The fraction of sp³-hybridized carbons (Fsp3) is 0.250. The fourth-order valence-corrected chi connectivity index (χ4v) is 0.940. The molecule has 0 aromatic heterocycles. The highest BCUT2D eigenvalue weighted by atomic mass is 19.4. The molecule has 4 heteroatoms. The third-order valence-corrected chi connectivity index (χ3v) is 1.51. The van der Waals surface area contributed by atoms with E-state index in [0.29, 0.717) is 0 Å². The second-order valence-corrected chi connectivity index (χ2v) is 2.59. The Morgan fingerprint density at radius 1 is 1.25 bits per heavy atom. The normalized spacial score (nSPS) is 11.7. The predicted octanol–water partition coefficient (Wildman–Crippen LogP) is 1.81. The van der Waals surface area contributed by atoms with Crippen LogP contribution in [0.4, 0.5) is 13.2 Å². The highest BCUT2D eigenvalue weighted by molar-refractivity contribution is 6.33. The van der Waals surface area contributed by atoms with E-state index in [2.05, 4.69) is 0 Å². The van der Waals surface area contributed by atoms with Crippen LogP contribution in [0.15, 0.2) is 18.2 Å². The van der Waals surface area contributed by atoms with Crippen molar-refractivity contribution >= 4 is 13.3 Å². The summed E-state index contributed by atoms with van der Waals surface area (Å²) in [5.41, 5.74) is -0.267. The van der Waals surface area contributed by atoms with Crippen LogP contribution in [0.25, 0.3) is 0 Å². The van der Waals surface area contributed by atoms with E-state index >= 15 is 0 Å². The van der Waals surface area contributed by atoms with Crippen LogP contribution in [0.3, 0.4) is 0 Å². The Morgan fingerprint density at radius 2 is 1.83 bits per heavy atom. The molecule has 0 aliphatic carbocycles. The van der Waals surface area contributed by atoms with E-state index in [-0.39, 0.29) is 5.46 Å². The summed E-state index contributed by atoms with van der Waals surface area (Å²) in [4.78, 5) is 0. The van der Waals surface area contributed by atoms with Crippen LogP contribution in [0, 0.1) is 6.92 Å². The van der Waals surface area contributed by atoms with Crippen molar-refractivity contribution in [3.8, 4) is 0 Å². The largest absolute Gasteiger partial charge is 0.415 e. The van der Waals surface area contributed by atoms with Gasteiger partial charge in [-0.2, -0.15) is 13.2 Å². The van der Waals surface area contributed by atoms with Crippen LogP contribution in [0.2, 0.25) is 0 Å². The number of benzene rings is 1. The molecule has 2 radical (unpaired) electrons. The molecule has 62 valence electrons. The number of hydrogen-bond acceptors (Lipinski definition) is 0. The van der Waals surface area contributed by atoms with Gasteiger partial charge in [-0.05, 0) is 6.92 Å². The minimum absolute atomic E-state index is 0.220. The van der Waals surface area contributed by atoms with Crippen molar-refractivity contribution in [2.24, 2.45) is 0 Å². The molecule has 0 atom stereocenters. The van der Waals surface area contributed by atoms with Crippen LogP contribution in [-0.4, -0.2) is 7.85 Å². The Kier molecular flexibility index (Phi) is 2.17. The van der Waals surface area contributed by atoms with E-state index in [0.717, 1.165) is 11.6 Å². The van der Waals surface area contributed by atoms with Gasteiger partial charge in [-0.3, -0.25) is 0 Å². The van der Waals surface area contributed by atoms with Crippen LogP contribution in [-0.2, 0) is 6.18 Å². The lowest BCUT2D eigenvalue weighted by molar-refractivity contribution is -0.136. The van der Waals surface area contributed by atoms with Gasteiger partial charge in [0, 0.05) is 5.56 Å². The van der Waals surface area contributed by atoms with Crippen LogP contribution in [0.1, 0.15) is 11.1 Å². The summed E-state index contributed by atoms with van der Waals surface area (Å²) < 4.78 is 36.3. The Balaban J connectivity index is 3.19. The summed E-state index contributed by atoms with van der Waals surface area (Å²) in [6.07, 6.45) is -4.35. The minimum Gasteiger partial charge on any atom is -0.166 e. The van der Waals surface area contributed by atoms with Gasteiger partial charge in [-0.25, -0.2) is 0 Å². The van der Waals surface area contributed by atoms with Crippen molar-refractivity contribution in [1.29, 1.82) is 0 Å². The first-order valence-corrected chi connectivity index (χ1v) is 3.34. The lowest BCUT2D eigenvalue weighted by atomic mass is 9.89. The quantitative estimate of drug-likeness (QED) is 0.520. The maximum absolute atomic E-state index is 12.1. The fourth-order valence-electron chi connectivity index (χ4n) is 0.940. The van der Waals surface area contributed by atoms with E-state index in [1.54, 1.807) is 6.92 Å². The molecule has 0 spiro atoms. The molecular formula is C8H6BF3. The molecule has 1 rings (SSSR count). The molecule has 0 unspecified atom stereocenters. The highest BCUT2D eigenvalue weighted by Gasteiger charge is 2.31. The monoisotopic (exact) mass is 170 g/mol. The van der Waals surface area contributed by atoms with Gasteiger partial charge in [-0.1, -0.05) is 29.2 Å². The standard InChI is InChI=1S/C8H6BF3/c1-5-2-3-6(7(9)4-5)8(10,11)12/h2-4H,1H3. The van der Waals surface area contributed by atoms with E-state index in [1.807, 2.05) is 0 Å². The van der Waals surface area contributed by atoms with Gasteiger partial charge in [0.1, 0.15) is 7.85 Å². The van der Waals surface area contributed by atoms with Crippen molar-refractivity contribution < 1.29 is 13.2 Å². The summed E-state index contributed by atoms with van der Waals surface area (Å²) in [6.45, 7) is 1.69. The van der Waals surface area contributed by atoms with Gasteiger partial charge in [0.25, 0.3) is 0 Å². The van der Waals surface area contributed by atoms with Crippen LogP contribution >= 0.6 is 0 Å². The topological polar surface area (TPSA) is 0 Å². The average molecular weight is 170 g/mol. The first kappa shape index (κ1) is 9.17. The van der Waals surface area contributed by atoms with Crippen molar-refractivity contribution in [3.05, 3.63) is 29.3 Å². The van der Waals surface area contributed by atoms with Gasteiger partial charge >= 0.3 is 6.18 Å². The molecule has 0 saturated heterocycles. The van der Waals surface area contributed by atoms with Crippen molar-refractivity contribution in [3.63, 3.8) is 0 Å². The Morgan fingerprint density at radius 3 is 2.25 bits per heavy atom.